The first-order chi connectivity index (χ1) is 31.3. The number of benzene rings is 6. The van der Waals surface area contributed by atoms with Crippen LogP contribution < -0.4 is 15.1 Å². The van der Waals surface area contributed by atoms with Crippen molar-refractivity contribution in [2.75, 3.05) is 26.9 Å². The van der Waals surface area contributed by atoms with E-state index in [1.807, 2.05) is 127 Å². The number of hydrogen-bond donors (Lipinski definition) is 1. The van der Waals surface area contributed by atoms with E-state index < -0.39 is 45.1 Å². The lowest BCUT2D eigenvalue weighted by Crippen LogP contribution is -2.67. The van der Waals surface area contributed by atoms with Crippen LogP contribution in [0.2, 0.25) is 5.04 Å². The Hall–Kier alpha value is -4.98. The number of ether oxygens (including phenoxy) is 7. The van der Waals surface area contributed by atoms with E-state index in [0.717, 1.165) is 28.0 Å². The molecule has 1 N–H and O–H groups in total. The van der Waals surface area contributed by atoms with E-state index in [1.165, 1.54) is 10.4 Å². The predicted octanol–water partition coefficient (Wildman–Crippen LogP) is 8.65. The second-order valence-corrected chi connectivity index (χ2v) is 21.4. The standard InChI is InChI=1S/C54H62O9Si/c1-54(2,3)64(47-26-16-8-17-27-47,48-28-18-9-19-29-48)62-40-46(57-35-44-30-32-45(56-4)33-31-44)39-61-53-52(60-38-43-24-14-7-15-25-43)51(59-37-42-22-12-6-13-23-42)50(49(34-55)63-53)58-36-41-20-10-5-11-21-41/h5-33,46,49-53,55H,34-40H2,1-4H3/t46-,49+,50+,51-,52+,53-/m0/s1. The highest BCUT2D eigenvalue weighted by Crippen LogP contribution is 2.37. The minimum atomic E-state index is -2.96. The highest BCUT2D eigenvalue weighted by atomic mass is 28.4. The van der Waals surface area contributed by atoms with E-state index in [-0.39, 0.29) is 44.7 Å². The van der Waals surface area contributed by atoms with Crippen LogP contribution in [0.15, 0.2) is 176 Å². The average Bonchev–Trinajstić information content (AvgIpc) is 3.34. The van der Waals surface area contributed by atoms with Crippen molar-refractivity contribution in [1.82, 2.24) is 0 Å². The first kappa shape index (κ1) is 47.0. The van der Waals surface area contributed by atoms with Crippen molar-refractivity contribution in [1.29, 1.82) is 0 Å². The molecule has 1 fully saturated rings. The van der Waals surface area contributed by atoms with Gasteiger partial charge >= 0.3 is 0 Å². The van der Waals surface area contributed by atoms with Gasteiger partial charge in [0.15, 0.2) is 6.29 Å². The largest absolute Gasteiger partial charge is 0.497 e. The van der Waals surface area contributed by atoms with Gasteiger partial charge in [0.25, 0.3) is 8.32 Å². The topological polar surface area (TPSA) is 94.1 Å². The van der Waals surface area contributed by atoms with Crippen LogP contribution in [-0.2, 0) is 59.3 Å². The van der Waals surface area contributed by atoms with Crippen molar-refractivity contribution in [3.63, 3.8) is 0 Å². The molecular weight excluding hydrogens is 821 g/mol. The Morgan fingerprint density at radius 1 is 0.516 bits per heavy atom. The van der Waals surface area contributed by atoms with Crippen molar-refractivity contribution < 1.29 is 42.7 Å². The van der Waals surface area contributed by atoms with Crippen molar-refractivity contribution in [3.8, 4) is 5.75 Å². The van der Waals surface area contributed by atoms with Crippen LogP contribution in [0.4, 0.5) is 0 Å². The van der Waals surface area contributed by atoms with Crippen LogP contribution in [0, 0.1) is 0 Å². The Kier molecular flexibility index (Phi) is 17.1. The van der Waals surface area contributed by atoms with E-state index >= 15 is 0 Å². The van der Waals surface area contributed by atoms with Crippen LogP contribution in [0.1, 0.15) is 43.0 Å². The van der Waals surface area contributed by atoms with E-state index in [2.05, 4.69) is 69.3 Å². The Morgan fingerprint density at radius 3 is 1.41 bits per heavy atom. The first-order valence-corrected chi connectivity index (χ1v) is 24.0. The smallest absolute Gasteiger partial charge is 0.261 e. The summed E-state index contributed by atoms with van der Waals surface area (Å²) in [6.45, 7) is 7.90. The molecule has 0 bridgehead atoms. The molecule has 336 valence electrons. The van der Waals surface area contributed by atoms with Crippen LogP contribution in [-0.4, -0.2) is 77.2 Å². The van der Waals surface area contributed by atoms with Gasteiger partial charge in [0.05, 0.1) is 53.4 Å². The second kappa shape index (κ2) is 23.3. The lowest BCUT2D eigenvalue weighted by Gasteiger charge is -2.46. The summed E-state index contributed by atoms with van der Waals surface area (Å²) in [4.78, 5) is 0. The normalized spacial score (nSPS) is 19.5. The van der Waals surface area contributed by atoms with Crippen LogP contribution in [0.3, 0.4) is 0 Å². The number of aliphatic hydroxyl groups is 1. The van der Waals surface area contributed by atoms with Crippen molar-refractivity contribution in [3.05, 3.63) is 198 Å². The Labute approximate surface area is 379 Å². The summed E-state index contributed by atoms with van der Waals surface area (Å²) in [6.07, 6.45) is -4.49. The van der Waals surface area contributed by atoms with Gasteiger partial charge in [0, 0.05) is 0 Å². The molecule has 7 rings (SSSR count). The Bertz CT molecular complexity index is 2170. The molecule has 0 radical (unpaired) electrons. The van der Waals surface area contributed by atoms with Gasteiger partial charge in [-0.2, -0.15) is 0 Å². The zero-order chi connectivity index (χ0) is 44.6. The van der Waals surface area contributed by atoms with Crippen LogP contribution >= 0.6 is 0 Å². The third-order valence-corrected chi connectivity index (χ3v) is 16.6. The van der Waals surface area contributed by atoms with Gasteiger partial charge in [-0.25, -0.2) is 0 Å². The lowest BCUT2D eigenvalue weighted by molar-refractivity contribution is -0.330. The summed E-state index contributed by atoms with van der Waals surface area (Å²) in [5, 5.41) is 13.0. The van der Waals surface area contributed by atoms with E-state index in [9.17, 15) is 5.11 Å². The average molecular weight is 883 g/mol. The maximum Gasteiger partial charge on any atom is 0.261 e. The fourth-order valence-corrected chi connectivity index (χ4v) is 12.9. The third kappa shape index (κ3) is 12.2. The Morgan fingerprint density at radius 2 is 0.953 bits per heavy atom. The molecular formula is C54H62O9Si. The molecule has 1 saturated heterocycles. The summed E-state index contributed by atoms with van der Waals surface area (Å²) in [5.41, 5.74) is 3.93. The van der Waals surface area contributed by atoms with Gasteiger partial charge in [0.2, 0.25) is 0 Å². The molecule has 9 nitrogen and oxygen atoms in total. The van der Waals surface area contributed by atoms with Crippen LogP contribution in [0.25, 0.3) is 0 Å². The fourth-order valence-electron chi connectivity index (χ4n) is 8.29. The fraction of sp³-hybridized carbons (Fsp3) is 0.333. The van der Waals surface area contributed by atoms with E-state index in [0.29, 0.717) is 6.61 Å². The van der Waals surface area contributed by atoms with Gasteiger partial charge in [-0.15, -0.1) is 0 Å². The molecule has 0 amide bonds. The zero-order valence-corrected chi connectivity index (χ0v) is 38.4. The number of hydrogen-bond acceptors (Lipinski definition) is 9. The molecule has 0 aliphatic carbocycles. The predicted molar refractivity (Wildman–Crippen MR) is 252 cm³/mol. The molecule has 64 heavy (non-hydrogen) atoms. The van der Waals surface area contributed by atoms with Gasteiger partial charge in [-0.3, -0.25) is 0 Å². The summed E-state index contributed by atoms with van der Waals surface area (Å²) < 4.78 is 53.4. The van der Waals surface area contributed by atoms with E-state index in [4.69, 9.17) is 37.6 Å². The summed E-state index contributed by atoms with van der Waals surface area (Å²) in [6, 6.07) is 58.9. The molecule has 1 aliphatic rings. The maximum absolute atomic E-state index is 11.0. The third-order valence-electron chi connectivity index (χ3n) is 11.6. The number of rotatable bonds is 22. The zero-order valence-electron chi connectivity index (χ0n) is 37.4. The molecule has 6 aromatic carbocycles. The monoisotopic (exact) mass is 882 g/mol. The van der Waals surface area contributed by atoms with Gasteiger partial charge in [0.1, 0.15) is 36.3 Å². The van der Waals surface area contributed by atoms with Gasteiger partial charge in [-0.05, 0) is 49.8 Å². The highest BCUT2D eigenvalue weighted by Gasteiger charge is 2.51. The molecule has 1 heterocycles. The minimum Gasteiger partial charge on any atom is -0.497 e. The van der Waals surface area contributed by atoms with Gasteiger partial charge in [-0.1, -0.05) is 185 Å². The summed E-state index contributed by atoms with van der Waals surface area (Å²) in [5.74, 6) is 0.767. The molecule has 0 aromatic heterocycles. The van der Waals surface area contributed by atoms with Crippen molar-refractivity contribution >= 4 is 18.7 Å². The minimum absolute atomic E-state index is 0.0866. The molecule has 6 atom stereocenters. The van der Waals surface area contributed by atoms with Crippen molar-refractivity contribution in [2.45, 2.75) is 89.0 Å². The summed E-state index contributed by atoms with van der Waals surface area (Å²) in [7, 11) is -1.31. The molecule has 10 heteroatoms. The van der Waals surface area contributed by atoms with Crippen molar-refractivity contribution in [2.24, 2.45) is 0 Å². The molecule has 1 aliphatic heterocycles. The molecule has 6 aromatic rings. The van der Waals surface area contributed by atoms with E-state index in [1.54, 1.807) is 7.11 Å². The highest BCUT2D eigenvalue weighted by molar-refractivity contribution is 6.99. The first-order valence-electron chi connectivity index (χ1n) is 22.1. The quantitative estimate of drug-likeness (QED) is 0.0673. The van der Waals surface area contributed by atoms with Crippen LogP contribution in [0.5, 0.6) is 5.75 Å². The van der Waals surface area contributed by atoms with Gasteiger partial charge < -0.3 is 42.7 Å². The molecule has 0 spiro atoms. The number of aliphatic hydroxyl groups excluding tert-OH is 1. The Balaban J connectivity index is 1.20. The lowest BCUT2D eigenvalue weighted by atomic mass is 9.98. The molecule has 0 unspecified atom stereocenters. The number of methoxy groups -OCH3 is 1. The molecule has 0 saturated carbocycles. The SMILES string of the molecule is COc1ccc(CO[C@@H](CO[C@H]2O[C@H](CO)[C@@H](OCc3ccccc3)[C@H](OCc3ccccc3)[C@H]2OCc2ccccc2)CO[Si](c2ccccc2)(c2ccccc2)C(C)(C)C)cc1. The maximum atomic E-state index is 11.0. The summed E-state index contributed by atoms with van der Waals surface area (Å²) >= 11 is 0. The second-order valence-electron chi connectivity index (χ2n) is 17.1.